The van der Waals surface area contributed by atoms with Gasteiger partial charge >= 0.3 is 0 Å². The maximum atomic E-state index is 13.4. The third-order valence-corrected chi connectivity index (χ3v) is 4.81. The Morgan fingerprint density at radius 2 is 1.69 bits per heavy atom. The van der Waals surface area contributed by atoms with Gasteiger partial charge in [-0.3, -0.25) is 9.59 Å². The summed E-state index contributed by atoms with van der Waals surface area (Å²) in [5, 5.41) is 7.59. The second kappa shape index (κ2) is 6.29. The number of H-pyrrole nitrogens is 1. The number of carbonyl (C=O) groups is 1. The van der Waals surface area contributed by atoms with Crippen molar-refractivity contribution in [2.45, 2.75) is 6.92 Å². The van der Waals surface area contributed by atoms with E-state index in [9.17, 15) is 9.59 Å². The summed E-state index contributed by atoms with van der Waals surface area (Å²) in [7, 11) is 2.04. The first-order chi connectivity index (χ1) is 12.6. The van der Waals surface area contributed by atoms with Crippen molar-refractivity contribution in [2.24, 2.45) is 5.92 Å². The maximum Gasteiger partial charge on any atom is 0.279 e. The Morgan fingerprint density at radius 3 is 2.46 bits per heavy atom. The van der Waals surface area contributed by atoms with Crippen LogP contribution in [0.3, 0.4) is 0 Å². The number of nitrogens with zero attached hydrogens (tertiary/aromatic N) is 3. The number of carbonyl (C=O) groups excluding carboxylic acids is 1. The summed E-state index contributed by atoms with van der Waals surface area (Å²) in [6, 6.07) is 14.9. The van der Waals surface area contributed by atoms with Gasteiger partial charge in [0.25, 0.3) is 11.5 Å². The fourth-order valence-corrected chi connectivity index (χ4v) is 3.65. The molecule has 0 spiro atoms. The van der Waals surface area contributed by atoms with Crippen molar-refractivity contribution in [1.82, 2.24) is 10.2 Å². The highest BCUT2D eigenvalue weighted by molar-refractivity contribution is 6.13. The van der Waals surface area contributed by atoms with Gasteiger partial charge in [0.15, 0.2) is 5.69 Å². The van der Waals surface area contributed by atoms with E-state index in [2.05, 4.69) is 22.0 Å². The quantitative estimate of drug-likeness (QED) is 0.734. The number of anilines is 2. The second-order valence-corrected chi connectivity index (χ2v) is 6.84. The van der Waals surface area contributed by atoms with Crippen LogP contribution in [0.15, 0.2) is 53.3 Å². The van der Waals surface area contributed by atoms with Gasteiger partial charge in [-0.15, -0.1) is 0 Å². The summed E-state index contributed by atoms with van der Waals surface area (Å²) >= 11 is 0. The van der Waals surface area contributed by atoms with Gasteiger partial charge in [-0.25, -0.2) is 5.10 Å². The molecule has 0 saturated carbocycles. The van der Waals surface area contributed by atoms with E-state index < -0.39 is 0 Å². The molecule has 1 atom stereocenters. The largest absolute Gasteiger partial charge is 0.373 e. The van der Waals surface area contributed by atoms with Gasteiger partial charge in [0.2, 0.25) is 0 Å². The topological polar surface area (TPSA) is 69.3 Å². The van der Waals surface area contributed by atoms with E-state index >= 15 is 0 Å². The van der Waals surface area contributed by atoms with Crippen molar-refractivity contribution in [3.63, 3.8) is 0 Å². The molecule has 1 unspecified atom stereocenters. The number of amides is 1. The molecular formula is C20H20N4O2. The van der Waals surface area contributed by atoms with Gasteiger partial charge < -0.3 is 9.80 Å². The summed E-state index contributed by atoms with van der Waals surface area (Å²) < 4.78 is 0. The summed E-state index contributed by atoms with van der Waals surface area (Å²) in [5.41, 5.74) is 1.86. The number of para-hydroxylation sites is 2. The molecular weight excluding hydrogens is 328 g/mol. The van der Waals surface area contributed by atoms with Gasteiger partial charge in [0, 0.05) is 25.5 Å². The maximum absolute atomic E-state index is 13.4. The van der Waals surface area contributed by atoms with Gasteiger partial charge in [0.05, 0.1) is 16.8 Å². The average molecular weight is 348 g/mol. The van der Waals surface area contributed by atoms with Crippen LogP contribution in [0.5, 0.6) is 0 Å². The molecule has 0 bridgehead atoms. The van der Waals surface area contributed by atoms with Crippen LogP contribution in [0, 0.1) is 5.92 Å². The monoisotopic (exact) mass is 348 g/mol. The molecule has 0 fully saturated rings. The summed E-state index contributed by atoms with van der Waals surface area (Å²) in [6.07, 6.45) is 0. The minimum Gasteiger partial charge on any atom is -0.373 e. The second-order valence-electron chi connectivity index (χ2n) is 6.84. The van der Waals surface area contributed by atoms with Crippen LogP contribution in [0.1, 0.15) is 17.4 Å². The number of hydrogen-bond donors (Lipinski definition) is 1. The Labute approximate surface area is 151 Å². The van der Waals surface area contributed by atoms with Gasteiger partial charge in [0.1, 0.15) is 0 Å². The first kappa shape index (κ1) is 16.3. The minimum atomic E-state index is -0.290. The zero-order chi connectivity index (χ0) is 18.3. The molecule has 132 valence electrons. The highest BCUT2D eigenvalue weighted by atomic mass is 16.2. The van der Waals surface area contributed by atoms with Crippen molar-refractivity contribution < 1.29 is 4.79 Å². The lowest BCUT2D eigenvalue weighted by Gasteiger charge is -2.24. The van der Waals surface area contributed by atoms with E-state index in [1.54, 1.807) is 23.1 Å². The Hall–Kier alpha value is -3.15. The van der Waals surface area contributed by atoms with Gasteiger partial charge in [-0.05, 0) is 24.1 Å². The SMILES string of the molecule is CC1CN(C)c2ccccc2N(C(=O)c2n[nH]c(=O)c3ccccc23)C1. The number of aromatic nitrogens is 2. The minimum absolute atomic E-state index is 0.202. The zero-order valence-corrected chi connectivity index (χ0v) is 14.8. The molecule has 1 amide bonds. The molecule has 4 rings (SSSR count). The Morgan fingerprint density at radius 1 is 1.04 bits per heavy atom. The van der Waals surface area contributed by atoms with Crippen molar-refractivity contribution in [2.75, 3.05) is 29.9 Å². The molecule has 3 aromatic rings. The number of hydrogen-bond acceptors (Lipinski definition) is 4. The molecule has 2 aromatic carbocycles. The lowest BCUT2D eigenvalue weighted by Crippen LogP contribution is -2.36. The predicted octanol–water partition coefficient (Wildman–Crippen LogP) is 2.66. The third-order valence-electron chi connectivity index (χ3n) is 4.81. The summed E-state index contributed by atoms with van der Waals surface area (Å²) in [5.74, 6) is 0.0948. The van der Waals surface area contributed by atoms with E-state index in [0.29, 0.717) is 23.2 Å². The highest BCUT2D eigenvalue weighted by Gasteiger charge is 2.29. The molecule has 6 heteroatoms. The van der Waals surface area contributed by atoms with Crippen LogP contribution in [0.2, 0.25) is 0 Å². The molecule has 26 heavy (non-hydrogen) atoms. The summed E-state index contributed by atoms with van der Waals surface area (Å²) in [6.45, 7) is 3.58. The number of aromatic amines is 1. The molecule has 0 saturated heterocycles. The third kappa shape index (κ3) is 2.63. The van der Waals surface area contributed by atoms with Crippen LogP contribution in [0.4, 0.5) is 11.4 Å². The molecule has 0 radical (unpaired) electrons. The van der Waals surface area contributed by atoms with Crippen molar-refractivity contribution in [1.29, 1.82) is 0 Å². The standard InChI is InChI=1S/C20H20N4O2/c1-13-11-23(2)16-9-5-6-10-17(16)24(12-13)20(26)18-14-7-3-4-8-15(14)19(25)22-21-18/h3-10,13H,11-12H2,1-2H3,(H,22,25). The molecule has 0 aliphatic carbocycles. The number of nitrogens with one attached hydrogen (secondary N) is 1. The summed E-state index contributed by atoms with van der Waals surface area (Å²) in [4.78, 5) is 29.4. The molecule has 1 aromatic heterocycles. The molecule has 1 aliphatic rings. The van der Waals surface area contributed by atoms with Crippen molar-refractivity contribution in [3.8, 4) is 0 Å². The average Bonchev–Trinajstić information content (AvgIpc) is 2.78. The Kier molecular flexibility index (Phi) is 3.95. The van der Waals surface area contributed by atoms with Crippen LogP contribution in [-0.2, 0) is 0 Å². The number of benzene rings is 2. The number of rotatable bonds is 1. The van der Waals surface area contributed by atoms with E-state index in [1.807, 2.05) is 37.4 Å². The van der Waals surface area contributed by atoms with Crippen LogP contribution in [0.25, 0.3) is 10.8 Å². The van der Waals surface area contributed by atoms with Crippen LogP contribution in [-0.4, -0.2) is 36.2 Å². The highest BCUT2D eigenvalue weighted by Crippen LogP contribution is 2.33. The lowest BCUT2D eigenvalue weighted by molar-refractivity contribution is 0.0980. The molecule has 1 N–H and O–H groups in total. The number of fused-ring (bicyclic) bond motifs is 2. The smallest absolute Gasteiger partial charge is 0.279 e. The van der Waals surface area contributed by atoms with Crippen molar-refractivity contribution >= 4 is 28.1 Å². The predicted molar refractivity (Wildman–Crippen MR) is 103 cm³/mol. The molecule has 6 nitrogen and oxygen atoms in total. The van der Waals surface area contributed by atoms with E-state index in [0.717, 1.165) is 17.9 Å². The van der Waals surface area contributed by atoms with Gasteiger partial charge in [-0.1, -0.05) is 37.3 Å². The van der Waals surface area contributed by atoms with E-state index in [1.165, 1.54) is 0 Å². The fraction of sp³-hybridized carbons (Fsp3) is 0.250. The normalized spacial score (nSPS) is 17.1. The lowest BCUT2D eigenvalue weighted by atomic mass is 10.1. The fourth-order valence-electron chi connectivity index (χ4n) is 3.65. The van der Waals surface area contributed by atoms with Crippen LogP contribution >= 0.6 is 0 Å². The van der Waals surface area contributed by atoms with E-state index in [4.69, 9.17) is 0 Å². The first-order valence-corrected chi connectivity index (χ1v) is 8.65. The van der Waals surface area contributed by atoms with E-state index in [-0.39, 0.29) is 17.2 Å². The Balaban J connectivity index is 1.87. The Bertz CT molecular complexity index is 1040. The van der Waals surface area contributed by atoms with Gasteiger partial charge in [-0.2, -0.15) is 5.10 Å². The van der Waals surface area contributed by atoms with Crippen molar-refractivity contribution in [3.05, 3.63) is 64.6 Å². The zero-order valence-electron chi connectivity index (χ0n) is 14.8. The molecule has 2 heterocycles. The first-order valence-electron chi connectivity index (χ1n) is 8.65. The molecule has 1 aliphatic heterocycles. The van der Waals surface area contributed by atoms with Crippen LogP contribution < -0.4 is 15.4 Å².